The van der Waals surface area contributed by atoms with Crippen molar-refractivity contribution in [1.82, 2.24) is 0 Å². The average Bonchev–Trinajstić information content (AvgIpc) is 2.51. The summed E-state index contributed by atoms with van der Waals surface area (Å²) in [5, 5.41) is 12.8. The van der Waals surface area contributed by atoms with Gasteiger partial charge in [-0.15, -0.1) is 0 Å². The molecule has 0 aliphatic carbocycles. The molecule has 0 bridgehead atoms. The van der Waals surface area contributed by atoms with E-state index >= 15 is 0 Å². The Balaban J connectivity index is 2.34. The van der Waals surface area contributed by atoms with Crippen LogP contribution in [0.25, 0.3) is 0 Å². The highest BCUT2D eigenvalue weighted by molar-refractivity contribution is 5.63. The fourth-order valence-electron chi connectivity index (χ4n) is 1.73. The van der Waals surface area contributed by atoms with Gasteiger partial charge in [0.1, 0.15) is 5.75 Å². The van der Waals surface area contributed by atoms with Gasteiger partial charge in [0, 0.05) is 23.7 Å². The molecule has 0 radical (unpaired) electrons. The summed E-state index contributed by atoms with van der Waals surface area (Å²) >= 11 is 0. The molecule has 1 aliphatic rings. The summed E-state index contributed by atoms with van der Waals surface area (Å²) in [4.78, 5) is 4.59. The van der Waals surface area contributed by atoms with E-state index in [1.54, 1.807) is 6.07 Å². The summed E-state index contributed by atoms with van der Waals surface area (Å²) in [5.41, 5.74) is 1.88. The van der Waals surface area contributed by atoms with Gasteiger partial charge in [0.25, 0.3) is 0 Å². The number of anilines is 1. The van der Waals surface area contributed by atoms with Crippen molar-refractivity contribution in [3.05, 3.63) is 23.8 Å². The van der Waals surface area contributed by atoms with E-state index in [1.165, 1.54) is 0 Å². The van der Waals surface area contributed by atoms with Crippen molar-refractivity contribution < 1.29 is 9.94 Å². The number of phenols is 1. The van der Waals surface area contributed by atoms with E-state index in [0.717, 1.165) is 17.8 Å². The first kappa shape index (κ1) is 8.34. The van der Waals surface area contributed by atoms with E-state index in [9.17, 15) is 5.11 Å². The normalized spacial score (nSPS) is 19.6. The smallest absolute Gasteiger partial charge is 0.121 e. The van der Waals surface area contributed by atoms with Gasteiger partial charge in [0.2, 0.25) is 0 Å². The van der Waals surface area contributed by atoms with Gasteiger partial charge in [-0.05, 0) is 12.1 Å². The summed E-state index contributed by atoms with van der Waals surface area (Å²) < 4.78 is 0. The summed E-state index contributed by atoms with van der Waals surface area (Å²) in [5.74, 6) is 5.47. The molecule has 0 saturated heterocycles. The lowest BCUT2D eigenvalue weighted by molar-refractivity contribution is 0.126. The Morgan fingerprint density at radius 1 is 1.62 bits per heavy atom. The van der Waals surface area contributed by atoms with Crippen molar-refractivity contribution in [3.63, 3.8) is 0 Å². The maximum absolute atomic E-state index is 9.59. The zero-order valence-electron chi connectivity index (χ0n) is 7.16. The molecule has 1 aromatic carbocycles. The van der Waals surface area contributed by atoms with Gasteiger partial charge < -0.3 is 15.3 Å². The first-order valence-electron chi connectivity index (χ1n) is 4.20. The quantitative estimate of drug-likeness (QED) is 0.589. The van der Waals surface area contributed by atoms with Gasteiger partial charge in [0.15, 0.2) is 0 Å². The van der Waals surface area contributed by atoms with Crippen LogP contribution < -0.4 is 11.2 Å². The minimum absolute atomic E-state index is 0.154. The lowest BCUT2D eigenvalue weighted by Gasteiger charge is -2.08. The topological polar surface area (TPSA) is 67.5 Å². The third-order valence-corrected chi connectivity index (χ3v) is 2.33. The van der Waals surface area contributed by atoms with Crippen molar-refractivity contribution in [1.29, 1.82) is 0 Å². The zero-order valence-corrected chi connectivity index (χ0v) is 7.16. The lowest BCUT2D eigenvalue weighted by Crippen LogP contribution is -2.13. The zero-order chi connectivity index (χ0) is 9.26. The van der Waals surface area contributed by atoms with Crippen LogP contribution >= 0.6 is 0 Å². The maximum Gasteiger partial charge on any atom is 0.121 e. The minimum atomic E-state index is 0.154. The predicted molar refractivity (Wildman–Crippen MR) is 49.5 cm³/mol. The number of fused-ring (bicyclic) bond motifs is 1. The largest absolute Gasteiger partial charge is 0.508 e. The number of phenolic OH excluding ortho intramolecular Hbond substituents is 1. The molecule has 70 valence electrons. The van der Waals surface area contributed by atoms with Gasteiger partial charge in [-0.3, -0.25) is 0 Å². The average molecular weight is 180 g/mol. The van der Waals surface area contributed by atoms with Crippen molar-refractivity contribution in [2.75, 3.05) is 18.5 Å². The Morgan fingerprint density at radius 2 is 2.46 bits per heavy atom. The number of nitrogens with one attached hydrogen (secondary N) is 1. The number of benzene rings is 1. The van der Waals surface area contributed by atoms with Crippen LogP contribution in [-0.4, -0.2) is 18.3 Å². The molecule has 0 fully saturated rings. The molecule has 4 nitrogen and oxygen atoms in total. The van der Waals surface area contributed by atoms with Crippen LogP contribution in [0.3, 0.4) is 0 Å². The molecule has 1 aliphatic heterocycles. The molecule has 0 amide bonds. The fraction of sp³-hybridized carbons (Fsp3) is 0.333. The fourth-order valence-corrected chi connectivity index (χ4v) is 1.73. The van der Waals surface area contributed by atoms with Crippen LogP contribution in [0.1, 0.15) is 11.5 Å². The first-order chi connectivity index (χ1) is 6.33. The molecule has 1 atom stereocenters. The van der Waals surface area contributed by atoms with Crippen molar-refractivity contribution in [2.24, 2.45) is 5.90 Å². The number of aromatic hydroxyl groups is 1. The minimum Gasteiger partial charge on any atom is -0.508 e. The SMILES string of the molecule is NOCC1CNc2cccc(O)c21. The highest BCUT2D eigenvalue weighted by Crippen LogP contribution is 2.37. The number of hydrogen-bond donors (Lipinski definition) is 3. The molecule has 0 spiro atoms. The highest BCUT2D eigenvalue weighted by Gasteiger charge is 2.24. The number of hydrogen-bond acceptors (Lipinski definition) is 4. The molecular weight excluding hydrogens is 168 g/mol. The van der Waals surface area contributed by atoms with Crippen molar-refractivity contribution in [3.8, 4) is 5.75 Å². The Labute approximate surface area is 76.3 Å². The Morgan fingerprint density at radius 3 is 3.23 bits per heavy atom. The monoisotopic (exact) mass is 180 g/mol. The summed E-state index contributed by atoms with van der Waals surface area (Å²) in [6.07, 6.45) is 0. The molecule has 1 heterocycles. The van der Waals surface area contributed by atoms with Crippen LogP contribution in [0, 0.1) is 0 Å². The van der Waals surface area contributed by atoms with Crippen LogP contribution in [0.2, 0.25) is 0 Å². The van der Waals surface area contributed by atoms with Crippen LogP contribution in [0.4, 0.5) is 5.69 Å². The number of rotatable bonds is 2. The van der Waals surface area contributed by atoms with Crippen LogP contribution in [0.5, 0.6) is 5.75 Å². The van der Waals surface area contributed by atoms with Gasteiger partial charge >= 0.3 is 0 Å². The molecule has 4 heteroatoms. The maximum atomic E-state index is 9.59. The van der Waals surface area contributed by atoms with Crippen LogP contribution in [-0.2, 0) is 4.84 Å². The van der Waals surface area contributed by atoms with Crippen molar-refractivity contribution >= 4 is 5.69 Å². The third kappa shape index (κ3) is 1.34. The summed E-state index contributed by atoms with van der Waals surface area (Å²) in [6, 6.07) is 5.42. The molecule has 13 heavy (non-hydrogen) atoms. The van der Waals surface area contributed by atoms with Gasteiger partial charge in [0.05, 0.1) is 6.61 Å². The molecule has 2 rings (SSSR count). The van der Waals surface area contributed by atoms with Crippen molar-refractivity contribution in [2.45, 2.75) is 5.92 Å². The second kappa shape index (κ2) is 3.24. The van der Waals surface area contributed by atoms with E-state index in [2.05, 4.69) is 10.2 Å². The summed E-state index contributed by atoms with van der Waals surface area (Å²) in [7, 11) is 0. The molecule has 0 saturated carbocycles. The van der Waals surface area contributed by atoms with Gasteiger partial charge in [-0.1, -0.05) is 6.07 Å². The summed E-state index contributed by atoms with van der Waals surface area (Å²) in [6.45, 7) is 1.20. The molecular formula is C9H12N2O2. The second-order valence-corrected chi connectivity index (χ2v) is 3.15. The van der Waals surface area contributed by atoms with E-state index < -0.39 is 0 Å². The first-order valence-corrected chi connectivity index (χ1v) is 4.20. The molecule has 0 aromatic heterocycles. The van der Waals surface area contributed by atoms with Crippen LogP contribution in [0.15, 0.2) is 18.2 Å². The Bertz CT molecular complexity index is 312. The van der Waals surface area contributed by atoms with Gasteiger partial charge in [-0.25, -0.2) is 5.90 Å². The van der Waals surface area contributed by atoms with Gasteiger partial charge in [-0.2, -0.15) is 0 Å². The molecule has 4 N–H and O–H groups in total. The standard InChI is InChI=1S/C9H12N2O2/c10-13-5-6-4-11-7-2-1-3-8(12)9(6)7/h1-3,6,11-12H,4-5,10H2. The molecule has 1 unspecified atom stereocenters. The third-order valence-electron chi connectivity index (χ3n) is 2.33. The highest BCUT2D eigenvalue weighted by atomic mass is 16.6. The van der Waals surface area contributed by atoms with E-state index in [1.807, 2.05) is 12.1 Å². The predicted octanol–water partition coefficient (Wildman–Crippen LogP) is 0.792. The van der Waals surface area contributed by atoms with E-state index in [0.29, 0.717) is 12.4 Å². The Hall–Kier alpha value is -1.26. The molecule has 1 aromatic rings. The van der Waals surface area contributed by atoms with E-state index in [4.69, 9.17) is 5.90 Å². The van der Waals surface area contributed by atoms with E-state index in [-0.39, 0.29) is 5.92 Å². The Kier molecular flexibility index (Phi) is 2.08. The lowest BCUT2D eigenvalue weighted by atomic mass is 10.0. The second-order valence-electron chi connectivity index (χ2n) is 3.15. The number of nitrogens with two attached hydrogens (primary N) is 1.